The summed E-state index contributed by atoms with van der Waals surface area (Å²) in [7, 11) is 1.14. The van der Waals surface area contributed by atoms with Gasteiger partial charge in [-0.05, 0) is 12.1 Å². The molecular formula is C9H7NO5. The quantitative estimate of drug-likeness (QED) is 0.571. The largest absolute Gasteiger partial charge is 0.478 e. The molecule has 1 heterocycles. The van der Waals surface area contributed by atoms with Gasteiger partial charge in [-0.15, -0.1) is 0 Å². The molecule has 0 spiro atoms. The number of nitrogens with zero attached hydrogens (tertiary/aromatic N) is 1. The molecule has 0 radical (unpaired) electrons. The molecule has 0 aliphatic rings. The molecule has 1 aromatic heterocycles. The highest BCUT2D eigenvalue weighted by Gasteiger charge is 2.13. The van der Waals surface area contributed by atoms with Crippen LogP contribution < -0.4 is 0 Å². The van der Waals surface area contributed by atoms with Crippen molar-refractivity contribution in [2.45, 2.75) is 0 Å². The smallest absolute Gasteiger partial charge is 0.356 e. The Hall–Kier alpha value is -2.24. The first-order chi connectivity index (χ1) is 7.08. The molecule has 0 saturated heterocycles. The Kier molecular flexibility index (Phi) is 3.12. The van der Waals surface area contributed by atoms with Gasteiger partial charge in [0.2, 0.25) is 0 Å². The van der Waals surface area contributed by atoms with E-state index in [1.165, 1.54) is 0 Å². The molecule has 78 valence electrons. The van der Waals surface area contributed by atoms with Crippen molar-refractivity contribution in [2.24, 2.45) is 0 Å². The van der Waals surface area contributed by atoms with Crippen LogP contribution in [-0.2, 0) is 4.74 Å². The van der Waals surface area contributed by atoms with Crippen LogP contribution in [0.1, 0.15) is 31.3 Å². The first-order valence-corrected chi connectivity index (χ1v) is 3.87. The molecule has 0 amide bonds. The van der Waals surface area contributed by atoms with E-state index < -0.39 is 11.9 Å². The Balaban J connectivity index is 3.28. The zero-order valence-corrected chi connectivity index (χ0v) is 7.76. The van der Waals surface area contributed by atoms with Crippen molar-refractivity contribution < 1.29 is 24.2 Å². The lowest BCUT2D eigenvalue weighted by Crippen LogP contribution is -2.09. The first kappa shape index (κ1) is 10.8. The van der Waals surface area contributed by atoms with Crippen molar-refractivity contribution >= 4 is 18.2 Å². The summed E-state index contributed by atoms with van der Waals surface area (Å²) in [6.07, 6.45) is 0.360. The zero-order valence-electron chi connectivity index (χ0n) is 7.76. The molecule has 0 aliphatic heterocycles. The van der Waals surface area contributed by atoms with Gasteiger partial charge in [-0.2, -0.15) is 0 Å². The number of aromatic carboxylic acids is 1. The lowest BCUT2D eigenvalue weighted by atomic mass is 10.2. The van der Waals surface area contributed by atoms with Crippen molar-refractivity contribution in [3.8, 4) is 0 Å². The Morgan fingerprint density at radius 1 is 1.47 bits per heavy atom. The fourth-order valence-electron chi connectivity index (χ4n) is 0.945. The molecule has 0 unspecified atom stereocenters. The summed E-state index contributed by atoms with van der Waals surface area (Å²) in [5.74, 6) is -2.04. The first-order valence-electron chi connectivity index (χ1n) is 3.87. The highest BCUT2D eigenvalue weighted by Crippen LogP contribution is 2.06. The Morgan fingerprint density at radius 2 is 2.13 bits per heavy atom. The molecule has 6 heteroatoms. The fourth-order valence-corrected chi connectivity index (χ4v) is 0.945. The molecular weight excluding hydrogens is 202 g/mol. The van der Waals surface area contributed by atoms with E-state index in [-0.39, 0.29) is 17.0 Å². The van der Waals surface area contributed by atoms with Crippen LogP contribution in [0.25, 0.3) is 0 Å². The minimum absolute atomic E-state index is 0.129. The number of pyridine rings is 1. The lowest BCUT2D eigenvalue weighted by molar-refractivity contribution is 0.0594. The number of rotatable bonds is 3. The molecule has 0 aliphatic carbocycles. The average molecular weight is 209 g/mol. The summed E-state index contributed by atoms with van der Waals surface area (Å²) in [5.41, 5.74) is -0.526. The van der Waals surface area contributed by atoms with Gasteiger partial charge in [0.05, 0.1) is 12.7 Å². The summed E-state index contributed by atoms with van der Waals surface area (Å²) < 4.78 is 4.36. The van der Waals surface area contributed by atoms with E-state index in [0.29, 0.717) is 6.29 Å². The summed E-state index contributed by atoms with van der Waals surface area (Å²) in [4.78, 5) is 35.7. The van der Waals surface area contributed by atoms with Crippen LogP contribution in [0.3, 0.4) is 0 Å². The van der Waals surface area contributed by atoms with Crippen LogP contribution >= 0.6 is 0 Å². The molecule has 0 bridgehead atoms. The Morgan fingerprint density at radius 3 is 2.60 bits per heavy atom. The van der Waals surface area contributed by atoms with Crippen molar-refractivity contribution in [3.05, 3.63) is 29.1 Å². The zero-order chi connectivity index (χ0) is 11.4. The van der Waals surface area contributed by atoms with E-state index in [0.717, 1.165) is 19.2 Å². The van der Waals surface area contributed by atoms with Gasteiger partial charge in [-0.25, -0.2) is 14.6 Å². The molecule has 1 rings (SSSR count). The molecule has 15 heavy (non-hydrogen) atoms. The van der Waals surface area contributed by atoms with Crippen LogP contribution in [0, 0.1) is 0 Å². The Bertz CT molecular complexity index is 427. The maximum atomic E-state index is 11.1. The number of hydrogen-bond acceptors (Lipinski definition) is 5. The third-order valence-corrected chi connectivity index (χ3v) is 1.61. The molecule has 0 saturated carbocycles. The second-order valence-corrected chi connectivity index (χ2v) is 2.58. The predicted octanol–water partition coefficient (Wildman–Crippen LogP) is 0.379. The second kappa shape index (κ2) is 4.32. The third kappa shape index (κ3) is 2.37. The molecule has 1 N–H and O–H groups in total. The second-order valence-electron chi connectivity index (χ2n) is 2.58. The number of aromatic nitrogens is 1. The highest BCUT2D eigenvalue weighted by atomic mass is 16.5. The summed E-state index contributed by atoms with van der Waals surface area (Å²) in [6, 6.07) is 2.11. The van der Waals surface area contributed by atoms with Gasteiger partial charge in [-0.1, -0.05) is 0 Å². The number of ether oxygens (including phenoxy) is 1. The molecule has 0 aromatic carbocycles. The van der Waals surface area contributed by atoms with Crippen molar-refractivity contribution in [3.63, 3.8) is 0 Å². The third-order valence-electron chi connectivity index (χ3n) is 1.61. The minimum atomic E-state index is -1.24. The van der Waals surface area contributed by atoms with Crippen LogP contribution in [0.4, 0.5) is 0 Å². The molecule has 0 atom stereocenters. The van der Waals surface area contributed by atoms with Crippen molar-refractivity contribution in [1.29, 1.82) is 0 Å². The number of carbonyl (C=O) groups is 3. The fraction of sp³-hybridized carbons (Fsp3) is 0.111. The van der Waals surface area contributed by atoms with Gasteiger partial charge >= 0.3 is 11.9 Å². The van der Waals surface area contributed by atoms with Gasteiger partial charge in [0.1, 0.15) is 11.4 Å². The summed E-state index contributed by atoms with van der Waals surface area (Å²) in [5, 5.41) is 8.69. The van der Waals surface area contributed by atoms with E-state index in [4.69, 9.17) is 5.11 Å². The summed E-state index contributed by atoms with van der Waals surface area (Å²) >= 11 is 0. The average Bonchev–Trinajstić information content (AvgIpc) is 2.27. The van der Waals surface area contributed by atoms with Crippen LogP contribution in [0.2, 0.25) is 0 Å². The number of carbonyl (C=O) groups excluding carboxylic acids is 2. The van der Waals surface area contributed by atoms with E-state index in [2.05, 4.69) is 9.72 Å². The molecule has 0 fully saturated rings. The number of methoxy groups -OCH3 is 1. The van der Waals surface area contributed by atoms with E-state index in [1.54, 1.807) is 0 Å². The van der Waals surface area contributed by atoms with E-state index >= 15 is 0 Å². The standard InChI is InChI=1S/C9H7NO5/c1-15-9(14)7-3-5(8(12)13)2-6(4-11)10-7/h2-4H,1H3,(H,12,13). The maximum Gasteiger partial charge on any atom is 0.356 e. The monoisotopic (exact) mass is 209 g/mol. The number of aldehydes is 1. The normalized spacial score (nSPS) is 9.40. The van der Waals surface area contributed by atoms with Crippen LogP contribution in [0.15, 0.2) is 12.1 Å². The predicted molar refractivity (Wildman–Crippen MR) is 47.9 cm³/mol. The number of hydrogen-bond donors (Lipinski definition) is 1. The number of carboxylic acid groups (broad SMARTS) is 1. The number of esters is 1. The lowest BCUT2D eigenvalue weighted by Gasteiger charge is -2.01. The van der Waals surface area contributed by atoms with Gasteiger partial charge < -0.3 is 9.84 Å². The van der Waals surface area contributed by atoms with Gasteiger partial charge in [-0.3, -0.25) is 4.79 Å². The maximum absolute atomic E-state index is 11.1. The number of carboxylic acids is 1. The van der Waals surface area contributed by atoms with E-state index in [1.807, 2.05) is 0 Å². The van der Waals surface area contributed by atoms with Crippen molar-refractivity contribution in [1.82, 2.24) is 4.98 Å². The molecule has 6 nitrogen and oxygen atoms in total. The van der Waals surface area contributed by atoms with Crippen molar-refractivity contribution in [2.75, 3.05) is 7.11 Å². The van der Waals surface area contributed by atoms with Crippen LogP contribution in [-0.4, -0.2) is 35.4 Å². The van der Waals surface area contributed by atoms with Gasteiger partial charge in [0.15, 0.2) is 6.29 Å². The minimum Gasteiger partial charge on any atom is -0.478 e. The highest BCUT2D eigenvalue weighted by molar-refractivity contribution is 5.94. The SMILES string of the molecule is COC(=O)c1cc(C(=O)O)cc(C=O)n1. The van der Waals surface area contributed by atoms with Crippen LogP contribution in [0.5, 0.6) is 0 Å². The molecule has 1 aromatic rings. The topological polar surface area (TPSA) is 93.6 Å². The van der Waals surface area contributed by atoms with Gasteiger partial charge in [0.25, 0.3) is 0 Å². The van der Waals surface area contributed by atoms with E-state index in [9.17, 15) is 14.4 Å². The summed E-state index contributed by atoms with van der Waals surface area (Å²) in [6.45, 7) is 0. The van der Waals surface area contributed by atoms with Gasteiger partial charge in [0, 0.05) is 0 Å². The Labute approximate surface area is 84.5 Å².